The fourth-order valence-corrected chi connectivity index (χ4v) is 3.63. The summed E-state index contributed by atoms with van der Waals surface area (Å²) in [6, 6.07) is 15.6. The van der Waals surface area contributed by atoms with Crippen molar-refractivity contribution >= 4 is 27.9 Å². The number of fused-ring (bicyclic) bond motifs is 1. The molecule has 0 bridgehead atoms. The topological polar surface area (TPSA) is 46.4 Å². The van der Waals surface area contributed by atoms with Crippen LogP contribution in [-0.4, -0.2) is 15.3 Å². The molecule has 1 amide bonds. The number of hydrogen-bond acceptors (Lipinski definition) is 3. The van der Waals surface area contributed by atoms with Gasteiger partial charge in [-0.3, -0.25) is 9.20 Å². The molecule has 0 unspecified atom stereocenters. The van der Waals surface area contributed by atoms with Crippen LogP contribution in [0.3, 0.4) is 0 Å². The van der Waals surface area contributed by atoms with Crippen molar-refractivity contribution in [3.8, 4) is 11.3 Å². The van der Waals surface area contributed by atoms with Crippen LogP contribution in [0.5, 0.6) is 0 Å². The largest absolute Gasteiger partial charge is 0.321 e. The maximum absolute atomic E-state index is 13.1. The molecule has 0 aliphatic carbocycles. The summed E-state index contributed by atoms with van der Waals surface area (Å²) < 4.78 is 15.0. The van der Waals surface area contributed by atoms with Crippen molar-refractivity contribution in [2.24, 2.45) is 0 Å². The highest BCUT2D eigenvalue weighted by Crippen LogP contribution is 2.27. The lowest BCUT2D eigenvalue weighted by atomic mass is 10.2. The Morgan fingerprint density at radius 2 is 1.84 bits per heavy atom. The highest BCUT2D eigenvalue weighted by Gasteiger charge is 2.18. The predicted molar refractivity (Wildman–Crippen MR) is 97.6 cm³/mol. The molecule has 4 rings (SSSR count). The molecule has 0 aliphatic heterocycles. The third-order valence-corrected chi connectivity index (χ3v) is 5.09. The molecule has 0 atom stereocenters. The molecule has 0 saturated heterocycles. The number of nitrogens with one attached hydrogen (secondary N) is 1. The molecule has 0 aliphatic rings. The summed E-state index contributed by atoms with van der Waals surface area (Å²) in [4.78, 5) is 18.4. The maximum Gasteiger partial charge on any atom is 0.267 e. The van der Waals surface area contributed by atoms with Crippen molar-refractivity contribution in [2.45, 2.75) is 6.92 Å². The number of para-hydroxylation sites is 1. The minimum absolute atomic E-state index is 0.150. The Morgan fingerprint density at radius 1 is 1.12 bits per heavy atom. The van der Waals surface area contributed by atoms with E-state index in [1.165, 1.54) is 23.5 Å². The lowest BCUT2D eigenvalue weighted by Gasteiger charge is -2.03. The van der Waals surface area contributed by atoms with E-state index in [4.69, 9.17) is 0 Å². The standard InChI is InChI=1S/C19H14FN3OS/c1-12-17(18(24)21-15-5-3-2-4-6-15)25-19-22-16(11-23(12)19)13-7-9-14(20)10-8-13/h2-11H,1H3,(H,21,24). The first-order valence-corrected chi connectivity index (χ1v) is 8.54. The van der Waals surface area contributed by atoms with Crippen molar-refractivity contribution in [1.29, 1.82) is 0 Å². The Balaban J connectivity index is 1.66. The smallest absolute Gasteiger partial charge is 0.267 e. The van der Waals surface area contributed by atoms with Gasteiger partial charge in [-0.2, -0.15) is 0 Å². The van der Waals surface area contributed by atoms with Gasteiger partial charge in [0.25, 0.3) is 5.91 Å². The summed E-state index contributed by atoms with van der Waals surface area (Å²) in [6.07, 6.45) is 1.87. The molecular formula is C19H14FN3OS. The van der Waals surface area contributed by atoms with Gasteiger partial charge in [0.2, 0.25) is 0 Å². The number of aromatic nitrogens is 2. The molecule has 0 fully saturated rings. The van der Waals surface area contributed by atoms with Crippen molar-refractivity contribution in [1.82, 2.24) is 9.38 Å². The fourth-order valence-electron chi connectivity index (χ4n) is 2.63. The number of imidazole rings is 1. The molecule has 4 aromatic rings. The van der Waals surface area contributed by atoms with E-state index in [0.29, 0.717) is 4.88 Å². The minimum Gasteiger partial charge on any atom is -0.321 e. The van der Waals surface area contributed by atoms with E-state index >= 15 is 0 Å². The van der Waals surface area contributed by atoms with Crippen molar-refractivity contribution in [3.05, 3.63) is 77.2 Å². The predicted octanol–water partition coefficient (Wildman–Crippen LogP) is 4.76. The molecule has 0 saturated carbocycles. The van der Waals surface area contributed by atoms with Crippen LogP contribution >= 0.6 is 11.3 Å². The van der Waals surface area contributed by atoms with Gasteiger partial charge in [0, 0.05) is 23.1 Å². The first kappa shape index (κ1) is 15.5. The van der Waals surface area contributed by atoms with Crippen molar-refractivity contribution in [3.63, 3.8) is 0 Å². The SMILES string of the molecule is Cc1c(C(=O)Nc2ccccc2)sc2nc(-c3ccc(F)cc3)cn12. The summed E-state index contributed by atoms with van der Waals surface area (Å²) in [5.41, 5.74) is 3.18. The molecule has 6 heteroatoms. The highest BCUT2D eigenvalue weighted by atomic mass is 32.1. The number of nitrogens with zero attached hydrogens (tertiary/aromatic N) is 2. The maximum atomic E-state index is 13.1. The first-order chi connectivity index (χ1) is 12.1. The summed E-state index contributed by atoms with van der Waals surface area (Å²) >= 11 is 1.34. The van der Waals surface area contributed by atoms with E-state index in [1.807, 2.05) is 47.9 Å². The van der Waals surface area contributed by atoms with Crippen LogP contribution in [0.15, 0.2) is 60.8 Å². The second-order valence-corrected chi connectivity index (χ2v) is 6.60. The van der Waals surface area contributed by atoms with Gasteiger partial charge in [0.05, 0.1) is 5.69 Å². The monoisotopic (exact) mass is 351 g/mol. The number of carbonyl (C=O) groups is 1. The quantitative estimate of drug-likeness (QED) is 0.578. The van der Waals surface area contributed by atoms with E-state index in [0.717, 1.165) is 27.6 Å². The average Bonchev–Trinajstić information content (AvgIpc) is 3.16. The van der Waals surface area contributed by atoms with Crippen LogP contribution in [0.2, 0.25) is 0 Å². The lowest BCUT2D eigenvalue weighted by molar-refractivity contribution is 0.102. The zero-order valence-electron chi connectivity index (χ0n) is 13.4. The van der Waals surface area contributed by atoms with E-state index in [1.54, 1.807) is 12.1 Å². The molecule has 25 heavy (non-hydrogen) atoms. The summed E-state index contributed by atoms with van der Waals surface area (Å²) in [6.45, 7) is 1.89. The van der Waals surface area contributed by atoms with Gasteiger partial charge < -0.3 is 5.32 Å². The fraction of sp³-hybridized carbons (Fsp3) is 0.0526. The molecule has 2 heterocycles. The van der Waals surface area contributed by atoms with Gasteiger partial charge in [-0.25, -0.2) is 9.37 Å². The number of amides is 1. The highest BCUT2D eigenvalue weighted by molar-refractivity contribution is 7.19. The number of anilines is 1. The third-order valence-electron chi connectivity index (χ3n) is 3.93. The Kier molecular flexibility index (Phi) is 3.82. The average molecular weight is 351 g/mol. The van der Waals surface area contributed by atoms with Gasteiger partial charge >= 0.3 is 0 Å². The summed E-state index contributed by atoms with van der Waals surface area (Å²) in [5.74, 6) is -0.427. The number of halogens is 1. The van der Waals surface area contributed by atoms with Gasteiger partial charge in [-0.05, 0) is 43.3 Å². The molecule has 0 radical (unpaired) electrons. The van der Waals surface area contributed by atoms with E-state index in [2.05, 4.69) is 10.3 Å². The minimum atomic E-state index is -0.277. The molecule has 2 aromatic heterocycles. The van der Waals surface area contributed by atoms with Crippen LogP contribution in [-0.2, 0) is 0 Å². The van der Waals surface area contributed by atoms with E-state index < -0.39 is 0 Å². The summed E-state index contributed by atoms with van der Waals surface area (Å²) in [5, 5.41) is 2.89. The molecule has 1 N–H and O–H groups in total. The lowest BCUT2D eigenvalue weighted by Crippen LogP contribution is -2.11. The van der Waals surface area contributed by atoms with Gasteiger partial charge in [0.1, 0.15) is 10.7 Å². The molecular weight excluding hydrogens is 337 g/mol. The van der Waals surface area contributed by atoms with E-state index in [-0.39, 0.29) is 11.7 Å². The van der Waals surface area contributed by atoms with Crippen LogP contribution in [0, 0.1) is 12.7 Å². The van der Waals surface area contributed by atoms with Crippen LogP contribution in [0.4, 0.5) is 10.1 Å². The van der Waals surface area contributed by atoms with Crippen LogP contribution < -0.4 is 5.32 Å². The summed E-state index contributed by atoms with van der Waals surface area (Å²) in [7, 11) is 0. The number of hydrogen-bond donors (Lipinski definition) is 1. The van der Waals surface area contributed by atoms with E-state index in [9.17, 15) is 9.18 Å². The van der Waals surface area contributed by atoms with Crippen LogP contribution in [0.1, 0.15) is 15.4 Å². The van der Waals surface area contributed by atoms with Gasteiger partial charge in [-0.1, -0.05) is 29.5 Å². The number of thiazole rings is 1. The normalized spacial score (nSPS) is 11.0. The zero-order chi connectivity index (χ0) is 17.4. The van der Waals surface area contributed by atoms with Gasteiger partial charge in [0.15, 0.2) is 4.96 Å². The Morgan fingerprint density at radius 3 is 2.52 bits per heavy atom. The first-order valence-electron chi connectivity index (χ1n) is 7.72. The molecule has 4 nitrogen and oxygen atoms in total. The molecule has 0 spiro atoms. The van der Waals surface area contributed by atoms with Crippen molar-refractivity contribution < 1.29 is 9.18 Å². The number of carbonyl (C=O) groups excluding carboxylic acids is 1. The second-order valence-electron chi connectivity index (χ2n) is 5.62. The van der Waals surface area contributed by atoms with Crippen LogP contribution in [0.25, 0.3) is 16.2 Å². The Hall–Kier alpha value is -2.99. The molecule has 124 valence electrons. The number of rotatable bonds is 3. The second kappa shape index (κ2) is 6.14. The van der Waals surface area contributed by atoms with Crippen molar-refractivity contribution in [2.75, 3.05) is 5.32 Å². The third kappa shape index (κ3) is 2.92. The number of benzene rings is 2. The molecule has 2 aromatic carbocycles. The Bertz CT molecular complexity index is 1050. The van der Waals surface area contributed by atoms with Gasteiger partial charge in [-0.15, -0.1) is 0 Å². The zero-order valence-corrected chi connectivity index (χ0v) is 14.2. The number of aryl methyl sites for hydroxylation is 1. The Labute approximate surface area is 147 Å².